The molecule has 1 aromatic heterocycles. The third-order valence-electron chi connectivity index (χ3n) is 5.15. The quantitative estimate of drug-likeness (QED) is 0.545. The van der Waals surface area contributed by atoms with E-state index < -0.39 is 17.5 Å². The number of nitrogens with zero attached hydrogens (tertiary/aromatic N) is 1. The summed E-state index contributed by atoms with van der Waals surface area (Å²) in [4.78, 5) is 23.7. The molecule has 7 nitrogen and oxygen atoms in total. The van der Waals surface area contributed by atoms with Gasteiger partial charge in [0, 0.05) is 29.7 Å². The zero-order valence-electron chi connectivity index (χ0n) is 17.0. The minimum Gasteiger partial charge on any atom is -0.493 e. The summed E-state index contributed by atoms with van der Waals surface area (Å²) in [5.41, 5.74) is 0.451. The fraction of sp³-hybridized carbons (Fsp3) is 0.227. The molecule has 0 bridgehead atoms. The molecule has 2 heterocycles. The van der Waals surface area contributed by atoms with E-state index in [0.29, 0.717) is 5.82 Å². The molecule has 0 saturated heterocycles. The molecule has 0 spiro atoms. The zero-order chi connectivity index (χ0) is 23.0. The van der Waals surface area contributed by atoms with Crippen molar-refractivity contribution in [3.05, 3.63) is 64.8 Å². The Bertz CT molecular complexity index is 1200. The standard InChI is InChI=1S/C22H18F3N3O4/c1-11(29)13-5-14(22(23,24)25)8-15(6-13)32-18-4-3-12(7-19(18)31-2)16-9-20(30)27-21-17(16)10-26-28-21/h3-8,10,16H,9H2,1-2H3,(H2,26,27,28,30). The number of hydrogen-bond acceptors (Lipinski definition) is 5. The Morgan fingerprint density at radius 3 is 2.62 bits per heavy atom. The van der Waals surface area contributed by atoms with Gasteiger partial charge in [0.2, 0.25) is 5.91 Å². The molecule has 1 atom stereocenters. The molecule has 0 radical (unpaired) electrons. The van der Waals surface area contributed by atoms with Gasteiger partial charge in [-0.3, -0.25) is 14.7 Å². The molecule has 166 valence electrons. The molecule has 0 saturated carbocycles. The Morgan fingerprint density at radius 1 is 1.16 bits per heavy atom. The van der Waals surface area contributed by atoms with E-state index >= 15 is 0 Å². The lowest BCUT2D eigenvalue weighted by molar-refractivity contribution is -0.137. The maximum atomic E-state index is 13.2. The van der Waals surface area contributed by atoms with Crippen LogP contribution in [0.4, 0.5) is 19.0 Å². The zero-order valence-corrected chi connectivity index (χ0v) is 17.0. The number of carbonyl (C=O) groups is 2. The van der Waals surface area contributed by atoms with E-state index in [1.54, 1.807) is 24.4 Å². The van der Waals surface area contributed by atoms with Crippen molar-refractivity contribution in [3.63, 3.8) is 0 Å². The molecule has 1 amide bonds. The van der Waals surface area contributed by atoms with Crippen molar-refractivity contribution in [2.24, 2.45) is 0 Å². The minimum atomic E-state index is -4.64. The molecule has 10 heteroatoms. The van der Waals surface area contributed by atoms with Crippen LogP contribution >= 0.6 is 0 Å². The predicted octanol–water partition coefficient (Wildman–Crippen LogP) is 4.91. The Morgan fingerprint density at radius 2 is 1.94 bits per heavy atom. The minimum absolute atomic E-state index is 0.119. The number of hydrogen-bond donors (Lipinski definition) is 2. The highest BCUT2D eigenvalue weighted by atomic mass is 19.4. The van der Waals surface area contributed by atoms with Crippen molar-refractivity contribution in [2.45, 2.75) is 25.4 Å². The van der Waals surface area contributed by atoms with Crippen LogP contribution in [0.15, 0.2) is 42.6 Å². The second kappa shape index (κ2) is 8.03. The van der Waals surface area contributed by atoms with Crippen LogP contribution in [0.3, 0.4) is 0 Å². The summed E-state index contributed by atoms with van der Waals surface area (Å²) in [6.45, 7) is 1.18. The number of aromatic nitrogens is 2. The van der Waals surface area contributed by atoms with Crippen LogP contribution in [-0.2, 0) is 11.0 Å². The third-order valence-corrected chi connectivity index (χ3v) is 5.15. The summed E-state index contributed by atoms with van der Waals surface area (Å²) in [5.74, 6) is -0.253. The molecule has 32 heavy (non-hydrogen) atoms. The van der Waals surface area contributed by atoms with Crippen LogP contribution in [0, 0.1) is 0 Å². The van der Waals surface area contributed by atoms with Gasteiger partial charge in [0.15, 0.2) is 23.1 Å². The van der Waals surface area contributed by atoms with Crippen LogP contribution in [-0.4, -0.2) is 29.0 Å². The van der Waals surface area contributed by atoms with Crippen molar-refractivity contribution in [1.82, 2.24) is 10.2 Å². The number of benzene rings is 2. The lowest BCUT2D eigenvalue weighted by atomic mass is 9.87. The van der Waals surface area contributed by atoms with Gasteiger partial charge in [0.05, 0.1) is 12.7 Å². The van der Waals surface area contributed by atoms with Gasteiger partial charge < -0.3 is 14.8 Å². The summed E-state index contributed by atoms with van der Waals surface area (Å²) in [5, 5.41) is 9.43. The Balaban J connectivity index is 1.69. The molecule has 1 aliphatic heterocycles. The number of fused-ring (bicyclic) bond motifs is 1. The van der Waals surface area contributed by atoms with Crippen LogP contribution in [0.2, 0.25) is 0 Å². The number of aromatic amines is 1. The first-order valence-electron chi connectivity index (χ1n) is 9.58. The molecular formula is C22H18F3N3O4. The van der Waals surface area contributed by atoms with Gasteiger partial charge in [-0.25, -0.2) is 0 Å². The highest BCUT2D eigenvalue weighted by Crippen LogP contribution is 2.41. The van der Waals surface area contributed by atoms with E-state index in [1.165, 1.54) is 20.1 Å². The summed E-state index contributed by atoms with van der Waals surface area (Å²) < 4.78 is 50.8. The van der Waals surface area contributed by atoms with E-state index in [-0.39, 0.29) is 41.1 Å². The first-order valence-corrected chi connectivity index (χ1v) is 9.58. The first-order chi connectivity index (χ1) is 15.2. The van der Waals surface area contributed by atoms with E-state index in [9.17, 15) is 22.8 Å². The highest BCUT2D eigenvalue weighted by molar-refractivity contribution is 5.95. The number of amides is 1. The molecule has 3 aromatic rings. The normalized spacial score (nSPS) is 15.7. The van der Waals surface area contributed by atoms with E-state index in [0.717, 1.165) is 23.3 Å². The van der Waals surface area contributed by atoms with E-state index in [1.807, 2.05) is 0 Å². The summed E-state index contributed by atoms with van der Waals surface area (Å²) in [6, 6.07) is 7.77. The highest BCUT2D eigenvalue weighted by Gasteiger charge is 2.32. The van der Waals surface area contributed by atoms with Gasteiger partial charge in [-0.2, -0.15) is 18.3 Å². The number of ether oxygens (including phenoxy) is 2. The summed E-state index contributed by atoms with van der Waals surface area (Å²) in [7, 11) is 1.40. The number of Topliss-reactive ketones (excluding diaryl/α,β-unsaturated/α-hetero) is 1. The lowest BCUT2D eigenvalue weighted by Crippen LogP contribution is -2.22. The number of methoxy groups -OCH3 is 1. The maximum absolute atomic E-state index is 13.2. The van der Waals surface area contributed by atoms with Crippen molar-refractivity contribution >= 4 is 17.5 Å². The average molecular weight is 445 g/mol. The van der Waals surface area contributed by atoms with E-state index in [2.05, 4.69) is 15.5 Å². The van der Waals surface area contributed by atoms with Crippen LogP contribution < -0.4 is 14.8 Å². The number of H-pyrrole nitrogens is 1. The molecule has 0 fully saturated rings. The number of carbonyl (C=O) groups excluding carboxylic acids is 2. The molecule has 2 aromatic carbocycles. The van der Waals surface area contributed by atoms with Crippen LogP contribution in [0.5, 0.6) is 17.2 Å². The van der Waals surface area contributed by atoms with Gasteiger partial charge in [-0.15, -0.1) is 0 Å². The van der Waals surface area contributed by atoms with Gasteiger partial charge in [0.25, 0.3) is 0 Å². The van der Waals surface area contributed by atoms with Crippen molar-refractivity contribution in [1.29, 1.82) is 0 Å². The first kappa shape index (κ1) is 21.4. The van der Waals surface area contributed by atoms with Gasteiger partial charge in [0.1, 0.15) is 5.75 Å². The fourth-order valence-corrected chi connectivity index (χ4v) is 3.58. The van der Waals surface area contributed by atoms with Crippen molar-refractivity contribution in [3.8, 4) is 17.2 Å². The molecule has 1 aliphatic rings. The largest absolute Gasteiger partial charge is 0.493 e. The van der Waals surface area contributed by atoms with Gasteiger partial charge in [-0.1, -0.05) is 6.07 Å². The smallest absolute Gasteiger partial charge is 0.416 e. The Labute approximate surface area is 180 Å². The maximum Gasteiger partial charge on any atom is 0.416 e. The summed E-state index contributed by atoms with van der Waals surface area (Å²) >= 11 is 0. The molecule has 0 aliphatic carbocycles. The monoisotopic (exact) mass is 445 g/mol. The van der Waals surface area contributed by atoms with Crippen molar-refractivity contribution in [2.75, 3.05) is 12.4 Å². The SMILES string of the molecule is COc1cc(C2CC(=O)Nc3n[nH]cc32)ccc1Oc1cc(C(C)=O)cc(C(F)(F)F)c1. The van der Waals surface area contributed by atoms with Crippen LogP contribution in [0.1, 0.15) is 46.3 Å². The second-order valence-electron chi connectivity index (χ2n) is 7.31. The molecule has 2 N–H and O–H groups in total. The molecular weight excluding hydrogens is 427 g/mol. The molecule has 4 rings (SSSR count). The summed E-state index contributed by atoms with van der Waals surface area (Å²) in [6.07, 6.45) is -2.74. The van der Waals surface area contributed by atoms with E-state index in [4.69, 9.17) is 9.47 Å². The fourth-order valence-electron chi connectivity index (χ4n) is 3.58. The third kappa shape index (κ3) is 4.16. The Hall–Kier alpha value is -3.82. The van der Waals surface area contributed by atoms with Gasteiger partial charge >= 0.3 is 6.18 Å². The second-order valence-corrected chi connectivity index (χ2v) is 7.31. The van der Waals surface area contributed by atoms with Gasteiger partial charge in [-0.05, 0) is 42.8 Å². The number of halogens is 3. The van der Waals surface area contributed by atoms with Crippen molar-refractivity contribution < 1.29 is 32.2 Å². The molecule has 1 unspecified atom stereocenters. The number of alkyl halides is 3. The van der Waals surface area contributed by atoms with Crippen LogP contribution in [0.25, 0.3) is 0 Å². The topological polar surface area (TPSA) is 93.3 Å². The predicted molar refractivity (Wildman–Crippen MR) is 108 cm³/mol. The average Bonchev–Trinajstić information content (AvgIpc) is 3.21. The lowest BCUT2D eigenvalue weighted by Gasteiger charge is -2.23. The number of anilines is 1. The number of rotatable bonds is 5. The Kier molecular flexibility index (Phi) is 5.37. The number of ketones is 1. The number of nitrogens with one attached hydrogen (secondary N) is 2.